The van der Waals surface area contributed by atoms with E-state index in [1.807, 2.05) is 19.2 Å². The first-order chi connectivity index (χ1) is 8.78. The molecule has 0 fully saturated rings. The van der Waals surface area contributed by atoms with Gasteiger partial charge in [0, 0.05) is 25.3 Å². The van der Waals surface area contributed by atoms with Crippen LogP contribution in [0, 0.1) is 0 Å². The molecular formula is C14H23NO3. The third kappa shape index (κ3) is 3.62. The Balaban J connectivity index is 2.90. The molecule has 0 saturated heterocycles. The van der Waals surface area contributed by atoms with Crippen LogP contribution in [0.15, 0.2) is 18.2 Å². The Labute approximate surface area is 109 Å². The van der Waals surface area contributed by atoms with Gasteiger partial charge in [0.05, 0.1) is 14.2 Å². The molecule has 0 amide bonds. The summed E-state index contributed by atoms with van der Waals surface area (Å²) in [7, 11) is 7.00. The number of para-hydroxylation sites is 1. The van der Waals surface area contributed by atoms with Crippen molar-refractivity contribution in [3.05, 3.63) is 23.8 Å². The van der Waals surface area contributed by atoms with Gasteiger partial charge in [-0.05, 0) is 26.0 Å². The summed E-state index contributed by atoms with van der Waals surface area (Å²) in [5.74, 6) is 1.57. The third-order valence-electron chi connectivity index (χ3n) is 3.00. The molecule has 0 bridgehead atoms. The summed E-state index contributed by atoms with van der Waals surface area (Å²) >= 11 is 0. The summed E-state index contributed by atoms with van der Waals surface area (Å²) in [6.45, 7) is 0.768. The van der Waals surface area contributed by atoms with E-state index in [0.717, 1.165) is 36.5 Å². The van der Waals surface area contributed by atoms with Crippen LogP contribution in [0.25, 0.3) is 0 Å². The van der Waals surface area contributed by atoms with Crippen LogP contribution >= 0.6 is 0 Å². The second-order valence-corrected chi connectivity index (χ2v) is 4.06. The van der Waals surface area contributed by atoms with E-state index in [1.54, 1.807) is 21.3 Å². The highest BCUT2D eigenvalue weighted by atomic mass is 16.5. The molecule has 0 saturated carbocycles. The fourth-order valence-electron chi connectivity index (χ4n) is 2.07. The van der Waals surface area contributed by atoms with Crippen molar-refractivity contribution in [2.75, 3.05) is 35.0 Å². The fourth-order valence-corrected chi connectivity index (χ4v) is 2.07. The van der Waals surface area contributed by atoms with Gasteiger partial charge in [-0.25, -0.2) is 0 Å². The van der Waals surface area contributed by atoms with Gasteiger partial charge in [-0.3, -0.25) is 0 Å². The second-order valence-electron chi connectivity index (χ2n) is 4.06. The largest absolute Gasteiger partial charge is 0.493 e. The highest BCUT2D eigenvalue weighted by molar-refractivity contribution is 5.48. The van der Waals surface area contributed by atoms with Gasteiger partial charge in [0.2, 0.25) is 0 Å². The number of nitrogens with one attached hydrogen (secondary N) is 1. The van der Waals surface area contributed by atoms with Crippen LogP contribution in [-0.4, -0.2) is 35.0 Å². The minimum Gasteiger partial charge on any atom is -0.493 e. The highest BCUT2D eigenvalue weighted by Gasteiger charge is 2.17. The molecule has 0 radical (unpaired) electrons. The summed E-state index contributed by atoms with van der Waals surface area (Å²) in [4.78, 5) is 0. The minimum atomic E-state index is 0.241. The van der Waals surface area contributed by atoms with Gasteiger partial charge in [-0.1, -0.05) is 12.1 Å². The lowest BCUT2D eigenvalue weighted by molar-refractivity contribution is 0.189. The average molecular weight is 253 g/mol. The lowest BCUT2D eigenvalue weighted by Gasteiger charge is -2.20. The van der Waals surface area contributed by atoms with Gasteiger partial charge in [0.15, 0.2) is 11.5 Å². The third-order valence-corrected chi connectivity index (χ3v) is 3.00. The number of rotatable bonds is 8. The monoisotopic (exact) mass is 253 g/mol. The van der Waals surface area contributed by atoms with E-state index >= 15 is 0 Å². The maximum Gasteiger partial charge on any atom is 0.165 e. The van der Waals surface area contributed by atoms with E-state index in [4.69, 9.17) is 14.2 Å². The molecule has 102 valence electrons. The molecule has 1 aromatic carbocycles. The van der Waals surface area contributed by atoms with Crippen molar-refractivity contribution in [3.8, 4) is 11.5 Å². The predicted octanol–water partition coefficient (Wildman–Crippen LogP) is 2.39. The molecular weight excluding hydrogens is 230 g/mol. The Hall–Kier alpha value is -1.26. The van der Waals surface area contributed by atoms with E-state index in [2.05, 4.69) is 11.4 Å². The molecule has 0 spiro atoms. The smallest absolute Gasteiger partial charge is 0.165 e. The zero-order valence-corrected chi connectivity index (χ0v) is 11.7. The van der Waals surface area contributed by atoms with Gasteiger partial charge in [-0.2, -0.15) is 0 Å². The van der Waals surface area contributed by atoms with E-state index in [9.17, 15) is 0 Å². The van der Waals surface area contributed by atoms with Crippen molar-refractivity contribution < 1.29 is 14.2 Å². The predicted molar refractivity (Wildman–Crippen MR) is 72.5 cm³/mol. The standard InChI is InChI=1S/C14H23NO3/c1-15-12(8-6-10-16-2)11-7-5-9-13(17-3)14(11)18-4/h5,7,9,12,15H,6,8,10H2,1-4H3. The molecule has 0 heterocycles. The van der Waals surface area contributed by atoms with Crippen molar-refractivity contribution in [2.45, 2.75) is 18.9 Å². The van der Waals surface area contributed by atoms with Crippen LogP contribution < -0.4 is 14.8 Å². The lowest BCUT2D eigenvalue weighted by atomic mass is 10.0. The molecule has 1 rings (SSSR count). The Morgan fingerprint density at radius 3 is 2.50 bits per heavy atom. The molecule has 18 heavy (non-hydrogen) atoms. The normalized spacial score (nSPS) is 12.2. The number of hydrogen-bond acceptors (Lipinski definition) is 4. The van der Waals surface area contributed by atoms with E-state index in [0.29, 0.717) is 0 Å². The number of methoxy groups -OCH3 is 3. The molecule has 4 heteroatoms. The van der Waals surface area contributed by atoms with Gasteiger partial charge < -0.3 is 19.5 Å². The van der Waals surface area contributed by atoms with E-state index < -0.39 is 0 Å². The van der Waals surface area contributed by atoms with Gasteiger partial charge in [-0.15, -0.1) is 0 Å². The molecule has 1 atom stereocenters. The summed E-state index contributed by atoms with van der Waals surface area (Å²) < 4.78 is 15.9. The maximum atomic E-state index is 5.46. The molecule has 1 unspecified atom stereocenters. The maximum absolute atomic E-state index is 5.46. The van der Waals surface area contributed by atoms with Crippen LogP contribution in [0.1, 0.15) is 24.4 Å². The molecule has 0 aromatic heterocycles. The van der Waals surface area contributed by atoms with Crippen molar-refractivity contribution in [1.82, 2.24) is 5.32 Å². The first kappa shape index (κ1) is 14.8. The molecule has 0 aliphatic heterocycles. The van der Waals surface area contributed by atoms with Crippen molar-refractivity contribution >= 4 is 0 Å². The summed E-state index contributed by atoms with van der Waals surface area (Å²) in [5, 5.41) is 3.31. The molecule has 0 aliphatic rings. The lowest BCUT2D eigenvalue weighted by Crippen LogP contribution is -2.18. The van der Waals surface area contributed by atoms with Gasteiger partial charge >= 0.3 is 0 Å². The quantitative estimate of drug-likeness (QED) is 0.722. The van der Waals surface area contributed by atoms with Crippen molar-refractivity contribution in [1.29, 1.82) is 0 Å². The van der Waals surface area contributed by atoms with Gasteiger partial charge in [0.1, 0.15) is 0 Å². The molecule has 1 N–H and O–H groups in total. The highest BCUT2D eigenvalue weighted by Crippen LogP contribution is 2.35. The van der Waals surface area contributed by atoms with E-state index in [-0.39, 0.29) is 6.04 Å². The molecule has 0 aliphatic carbocycles. The average Bonchev–Trinajstić information content (AvgIpc) is 2.42. The number of benzene rings is 1. The van der Waals surface area contributed by atoms with Crippen LogP contribution in [0.5, 0.6) is 11.5 Å². The second kappa shape index (κ2) is 7.95. The SMILES string of the molecule is CNC(CCCOC)c1cccc(OC)c1OC. The Kier molecular flexibility index (Phi) is 6.54. The summed E-state index contributed by atoms with van der Waals surface area (Å²) in [5.41, 5.74) is 1.12. The number of hydrogen-bond donors (Lipinski definition) is 1. The number of ether oxygens (including phenoxy) is 3. The molecule has 1 aromatic rings. The molecule has 4 nitrogen and oxygen atoms in total. The first-order valence-electron chi connectivity index (χ1n) is 6.15. The van der Waals surface area contributed by atoms with Crippen LogP contribution in [-0.2, 0) is 4.74 Å². The Morgan fingerprint density at radius 1 is 1.17 bits per heavy atom. The van der Waals surface area contributed by atoms with Crippen LogP contribution in [0.3, 0.4) is 0 Å². The van der Waals surface area contributed by atoms with Crippen LogP contribution in [0.4, 0.5) is 0 Å². The van der Waals surface area contributed by atoms with E-state index in [1.165, 1.54) is 0 Å². The summed E-state index contributed by atoms with van der Waals surface area (Å²) in [6, 6.07) is 6.20. The topological polar surface area (TPSA) is 39.7 Å². The fraction of sp³-hybridized carbons (Fsp3) is 0.571. The minimum absolute atomic E-state index is 0.241. The van der Waals surface area contributed by atoms with Crippen molar-refractivity contribution in [2.24, 2.45) is 0 Å². The zero-order chi connectivity index (χ0) is 13.4. The zero-order valence-electron chi connectivity index (χ0n) is 11.7. The van der Waals surface area contributed by atoms with Gasteiger partial charge in [0.25, 0.3) is 0 Å². The Morgan fingerprint density at radius 2 is 1.94 bits per heavy atom. The van der Waals surface area contributed by atoms with Crippen LogP contribution in [0.2, 0.25) is 0 Å². The Bertz CT molecular complexity index is 355. The van der Waals surface area contributed by atoms with Crippen molar-refractivity contribution in [3.63, 3.8) is 0 Å². The summed E-state index contributed by atoms with van der Waals surface area (Å²) in [6.07, 6.45) is 2.00. The first-order valence-corrected chi connectivity index (χ1v) is 6.15.